The normalized spacial score (nSPS) is 10.8. The standard InChI is InChI=1S/C15H12N2O2S/c1-10-2-5-12(6-3-10)20-15-9-16-14-8-11(17(18)19)4-7-13(14)15/h2-9,16H,1H3. The first kappa shape index (κ1) is 12.7. The second kappa shape index (κ2) is 5.02. The van der Waals surface area contributed by atoms with Crippen molar-refractivity contribution < 1.29 is 4.92 Å². The molecule has 0 aliphatic heterocycles. The van der Waals surface area contributed by atoms with Crippen LogP contribution in [0.25, 0.3) is 10.9 Å². The summed E-state index contributed by atoms with van der Waals surface area (Å²) in [7, 11) is 0. The van der Waals surface area contributed by atoms with E-state index in [1.165, 1.54) is 11.6 Å². The van der Waals surface area contributed by atoms with Crippen LogP contribution in [0.15, 0.2) is 58.5 Å². The van der Waals surface area contributed by atoms with Crippen molar-refractivity contribution >= 4 is 28.4 Å². The zero-order valence-electron chi connectivity index (χ0n) is 10.8. The molecule has 0 unspecified atom stereocenters. The molecule has 0 bridgehead atoms. The van der Waals surface area contributed by atoms with Crippen molar-refractivity contribution in [3.63, 3.8) is 0 Å². The molecular weight excluding hydrogens is 272 g/mol. The fourth-order valence-corrected chi connectivity index (χ4v) is 2.95. The summed E-state index contributed by atoms with van der Waals surface area (Å²) >= 11 is 1.65. The lowest BCUT2D eigenvalue weighted by Crippen LogP contribution is -1.86. The molecule has 0 aliphatic rings. The fourth-order valence-electron chi connectivity index (χ4n) is 2.02. The van der Waals surface area contributed by atoms with Crippen LogP contribution in [0.3, 0.4) is 0 Å². The minimum Gasteiger partial charge on any atom is -0.360 e. The first-order valence-corrected chi connectivity index (χ1v) is 6.95. The highest BCUT2D eigenvalue weighted by Crippen LogP contribution is 2.34. The summed E-state index contributed by atoms with van der Waals surface area (Å²) in [6.07, 6.45) is 1.89. The van der Waals surface area contributed by atoms with Gasteiger partial charge in [0.25, 0.3) is 5.69 Å². The lowest BCUT2D eigenvalue weighted by Gasteiger charge is -2.00. The van der Waals surface area contributed by atoms with Gasteiger partial charge >= 0.3 is 0 Å². The van der Waals surface area contributed by atoms with E-state index in [-0.39, 0.29) is 10.6 Å². The van der Waals surface area contributed by atoms with Gasteiger partial charge in [-0.2, -0.15) is 0 Å². The fraction of sp³-hybridized carbons (Fsp3) is 0.0667. The molecule has 2 aromatic carbocycles. The van der Waals surface area contributed by atoms with Crippen LogP contribution in [0.1, 0.15) is 5.56 Å². The molecular formula is C15H12N2O2S. The van der Waals surface area contributed by atoms with E-state index < -0.39 is 0 Å². The summed E-state index contributed by atoms with van der Waals surface area (Å²) in [6, 6.07) is 13.2. The number of nitro benzene ring substituents is 1. The molecule has 4 nitrogen and oxygen atoms in total. The summed E-state index contributed by atoms with van der Waals surface area (Å²) < 4.78 is 0. The smallest absolute Gasteiger partial charge is 0.271 e. The second-order valence-electron chi connectivity index (χ2n) is 4.56. The molecule has 0 aliphatic carbocycles. The first-order valence-electron chi connectivity index (χ1n) is 6.13. The molecule has 0 spiro atoms. The number of aromatic amines is 1. The van der Waals surface area contributed by atoms with Crippen molar-refractivity contribution in [3.05, 3.63) is 64.3 Å². The average molecular weight is 284 g/mol. The highest BCUT2D eigenvalue weighted by atomic mass is 32.2. The molecule has 1 aromatic heterocycles. The maximum Gasteiger partial charge on any atom is 0.271 e. The molecule has 1 heterocycles. The number of non-ortho nitro benzene ring substituents is 1. The van der Waals surface area contributed by atoms with Crippen LogP contribution in [-0.4, -0.2) is 9.91 Å². The number of aromatic nitrogens is 1. The van der Waals surface area contributed by atoms with Crippen molar-refractivity contribution in [1.82, 2.24) is 4.98 Å². The van der Waals surface area contributed by atoms with E-state index >= 15 is 0 Å². The van der Waals surface area contributed by atoms with E-state index in [1.54, 1.807) is 23.9 Å². The summed E-state index contributed by atoms with van der Waals surface area (Å²) in [4.78, 5) is 15.7. The summed E-state index contributed by atoms with van der Waals surface area (Å²) in [5.74, 6) is 0. The zero-order valence-corrected chi connectivity index (χ0v) is 11.6. The number of nitrogens with one attached hydrogen (secondary N) is 1. The number of H-pyrrole nitrogens is 1. The van der Waals surface area contributed by atoms with Gasteiger partial charge < -0.3 is 4.98 Å². The number of hydrogen-bond acceptors (Lipinski definition) is 3. The number of nitrogens with zero attached hydrogens (tertiary/aromatic N) is 1. The molecule has 0 amide bonds. The summed E-state index contributed by atoms with van der Waals surface area (Å²) in [5.41, 5.74) is 2.11. The highest BCUT2D eigenvalue weighted by molar-refractivity contribution is 7.99. The predicted molar refractivity (Wildman–Crippen MR) is 80.3 cm³/mol. The molecule has 3 aromatic rings. The Bertz CT molecular complexity index is 778. The summed E-state index contributed by atoms with van der Waals surface area (Å²) in [6.45, 7) is 2.05. The van der Waals surface area contributed by atoms with Gasteiger partial charge in [0.2, 0.25) is 0 Å². The van der Waals surface area contributed by atoms with Crippen LogP contribution >= 0.6 is 11.8 Å². The van der Waals surface area contributed by atoms with Gasteiger partial charge in [0, 0.05) is 33.5 Å². The van der Waals surface area contributed by atoms with E-state index in [2.05, 4.69) is 36.2 Å². The second-order valence-corrected chi connectivity index (χ2v) is 5.67. The van der Waals surface area contributed by atoms with E-state index in [0.29, 0.717) is 0 Å². The Balaban J connectivity index is 1.96. The maximum atomic E-state index is 10.8. The topological polar surface area (TPSA) is 58.9 Å². The average Bonchev–Trinajstić information content (AvgIpc) is 2.84. The molecule has 0 fully saturated rings. The minimum absolute atomic E-state index is 0.103. The van der Waals surface area contributed by atoms with Gasteiger partial charge in [0.1, 0.15) is 0 Å². The van der Waals surface area contributed by atoms with Crippen LogP contribution in [0.2, 0.25) is 0 Å². The number of benzene rings is 2. The maximum absolute atomic E-state index is 10.8. The van der Waals surface area contributed by atoms with Gasteiger partial charge in [-0.25, -0.2) is 0 Å². The molecule has 0 radical (unpaired) electrons. The number of rotatable bonds is 3. The largest absolute Gasteiger partial charge is 0.360 e. The molecule has 0 atom stereocenters. The van der Waals surface area contributed by atoms with Crippen molar-refractivity contribution in [2.24, 2.45) is 0 Å². The van der Waals surface area contributed by atoms with Crippen LogP contribution < -0.4 is 0 Å². The number of fused-ring (bicyclic) bond motifs is 1. The van der Waals surface area contributed by atoms with Gasteiger partial charge in [-0.3, -0.25) is 10.1 Å². The van der Waals surface area contributed by atoms with E-state index in [4.69, 9.17) is 0 Å². The third kappa shape index (κ3) is 2.40. The highest BCUT2D eigenvalue weighted by Gasteiger charge is 2.10. The van der Waals surface area contributed by atoms with Crippen molar-refractivity contribution in [1.29, 1.82) is 0 Å². The van der Waals surface area contributed by atoms with Gasteiger partial charge in [-0.05, 0) is 25.1 Å². The Hall–Kier alpha value is -2.27. The van der Waals surface area contributed by atoms with E-state index in [9.17, 15) is 10.1 Å². The number of aryl methyl sites for hydroxylation is 1. The molecule has 100 valence electrons. The molecule has 3 rings (SSSR count). The SMILES string of the molecule is Cc1ccc(Sc2c[nH]c3cc([N+](=O)[O-])ccc23)cc1. The lowest BCUT2D eigenvalue weighted by molar-refractivity contribution is -0.384. The quantitative estimate of drug-likeness (QED) is 0.567. The number of nitro groups is 1. The van der Waals surface area contributed by atoms with Crippen molar-refractivity contribution in [3.8, 4) is 0 Å². The van der Waals surface area contributed by atoms with Crippen LogP contribution in [0.4, 0.5) is 5.69 Å². The Morgan fingerprint density at radius 3 is 2.60 bits per heavy atom. The monoisotopic (exact) mass is 284 g/mol. The third-order valence-electron chi connectivity index (χ3n) is 3.09. The number of hydrogen-bond donors (Lipinski definition) is 1. The molecule has 0 saturated carbocycles. The van der Waals surface area contributed by atoms with Gasteiger partial charge in [-0.1, -0.05) is 29.5 Å². The van der Waals surface area contributed by atoms with Gasteiger partial charge in [0.05, 0.1) is 10.4 Å². The summed E-state index contributed by atoms with van der Waals surface area (Å²) in [5, 5.41) is 11.8. The minimum atomic E-state index is -0.382. The Morgan fingerprint density at radius 2 is 1.90 bits per heavy atom. The third-order valence-corrected chi connectivity index (χ3v) is 4.15. The van der Waals surface area contributed by atoms with Crippen LogP contribution in [0.5, 0.6) is 0 Å². The van der Waals surface area contributed by atoms with Crippen LogP contribution in [0, 0.1) is 17.0 Å². The van der Waals surface area contributed by atoms with Crippen molar-refractivity contribution in [2.45, 2.75) is 16.7 Å². The molecule has 5 heteroatoms. The Kier molecular flexibility index (Phi) is 3.20. The van der Waals surface area contributed by atoms with Gasteiger partial charge in [0.15, 0.2) is 0 Å². The van der Waals surface area contributed by atoms with Gasteiger partial charge in [-0.15, -0.1) is 0 Å². The van der Waals surface area contributed by atoms with Crippen molar-refractivity contribution in [2.75, 3.05) is 0 Å². The molecule has 1 N–H and O–H groups in total. The van der Waals surface area contributed by atoms with E-state index in [1.807, 2.05) is 6.20 Å². The lowest BCUT2D eigenvalue weighted by atomic mass is 10.2. The first-order chi connectivity index (χ1) is 9.63. The Labute approximate surface area is 120 Å². The van der Waals surface area contributed by atoms with Crippen LogP contribution in [-0.2, 0) is 0 Å². The predicted octanol–water partition coefficient (Wildman–Crippen LogP) is 4.54. The molecule has 0 saturated heterocycles. The van der Waals surface area contributed by atoms with E-state index in [0.717, 1.165) is 20.7 Å². The molecule has 20 heavy (non-hydrogen) atoms. The Morgan fingerprint density at radius 1 is 1.15 bits per heavy atom. The zero-order chi connectivity index (χ0) is 14.1.